The number of hydrogen-bond donors (Lipinski definition) is 3. The van der Waals surface area contributed by atoms with E-state index in [1.807, 2.05) is 48.5 Å². The van der Waals surface area contributed by atoms with Crippen LogP contribution < -0.4 is 16.0 Å². The predicted octanol–water partition coefficient (Wildman–Crippen LogP) is 9.74. The van der Waals surface area contributed by atoms with Crippen molar-refractivity contribution in [2.75, 3.05) is 16.5 Å². The quantitative estimate of drug-likeness (QED) is 0.0568. The van der Waals surface area contributed by atoms with Crippen LogP contribution in [0.3, 0.4) is 0 Å². The first-order valence-corrected chi connectivity index (χ1v) is 23.3. The van der Waals surface area contributed by atoms with Gasteiger partial charge in [0.05, 0.1) is 50.4 Å². The van der Waals surface area contributed by atoms with E-state index in [-0.39, 0.29) is 43.0 Å². The van der Waals surface area contributed by atoms with E-state index in [9.17, 15) is 14.4 Å². The van der Waals surface area contributed by atoms with Crippen molar-refractivity contribution in [2.24, 2.45) is 21.1 Å². The fourth-order valence-corrected chi connectivity index (χ4v) is 9.07. The predicted molar refractivity (Wildman–Crippen MR) is 279 cm³/mol. The molecule has 0 bridgehead atoms. The van der Waals surface area contributed by atoms with Gasteiger partial charge >= 0.3 is 0 Å². The first kappa shape index (κ1) is 48.3. The number of rotatable bonds is 8. The third-order valence-corrected chi connectivity index (χ3v) is 12.5. The number of aromatic nitrogens is 10. The van der Waals surface area contributed by atoms with Gasteiger partial charge in [0.1, 0.15) is 11.4 Å². The topological polar surface area (TPSA) is 192 Å². The van der Waals surface area contributed by atoms with Gasteiger partial charge in [0.2, 0.25) is 0 Å². The van der Waals surface area contributed by atoms with Gasteiger partial charge in [-0.3, -0.25) is 44.3 Å². The summed E-state index contributed by atoms with van der Waals surface area (Å²) in [7, 11) is 5.17. The van der Waals surface area contributed by atoms with E-state index < -0.39 is 0 Å². The summed E-state index contributed by atoms with van der Waals surface area (Å²) in [5, 5.41) is 15.0. The van der Waals surface area contributed by atoms with Crippen LogP contribution in [0.4, 0.5) is 11.4 Å². The molecule has 18 heteroatoms. The van der Waals surface area contributed by atoms with Crippen molar-refractivity contribution in [1.82, 2.24) is 53.9 Å². The van der Waals surface area contributed by atoms with Crippen LogP contribution in [-0.2, 0) is 40.6 Å². The number of imidazole rings is 1. The van der Waals surface area contributed by atoms with Crippen LogP contribution >= 0.6 is 11.8 Å². The standard InChI is InChI=1S/C30H27N9O3S.2C12H8N2.Ru/c1-37-11-10-33-27(37)30(42)36-20-14-23(39(3)16-20)29(41)35-19-13-22(38(2)15-19)28(40)34-17-43-24-12-18-6-4-8-31-25(18)26-21(24)7-5-9-32-26;2*1-3-9-5-6-10-4-2-8-14-12(10)11(9)13-7-1;/h4-16H,17H2,1-3H3,(H,34,40)(H,35,41)(H,36,42);2*1-8H;. The van der Waals surface area contributed by atoms with Crippen LogP contribution in [-0.4, -0.2) is 72.2 Å². The summed E-state index contributed by atoms with van der Waals surface area (Å²) >= 11 is 1.50. The number of benzene rings is 3. The molecule has 9 heterocycles. The van der Waals surface area contributed by atoms with Crippen LogP contribution in [0, 0.1) is 0 Å². The molecular weight excluding hydrogens is 1010 g/mol. The molecule has 0 fully saturated rings. The molecule has 0 unspecified atom stereocenters. The fourth-order valence-electron chi connectivity index (χ4n) is 8.18. The molecule has 0 radical (unpaired) electrons. The van der Waals surface area contributed by atoms with Gasteiger partial charge in [-0.1, -0.05) is 60.7 Å². The fraction of sp³-hybridized carbons (Fsp3) is 0.0741. The van der Waals surface area contributed by atoms with Crippen molar-refractivity contribution < 1.29 is 33.9 Å². The Balaban J connectivity index is 0.000000177. The smallest absolute Gasteiger partial charge is 0.291 e. The Hall–Kier alpha value is -8.73. The third-order valence-electron chi connectivity index (χ3n) is 11.6. The molecule has 3 aromatic carbocycles. The maximum absolute atomic E-state index is 13.1. The van der Waals surface area contributed by atoms with Crippen LogP contribution in [0.25, 0.3) is 65.4 Å². The molecule has 3 N–H and O–H groups in total. The number of nitrogens with zero attached hydrogens (tertiary/aromatic N) is 10. The Kier molecular flexibility index (Phi) is 14.4. The second-order valence-electron chi connectivity index (χ2n) is 16.3. The number of nitrogens with one attached hydrogen (secondary N) is 3. The molecule has 0 atom stereocenters. The molecule has 356 valence electrons. The number of thioether (sulfide) groups is 1. The molecule has 16 nitrogen and oxygen atoms in total. The van der Waals surface area contributed by atoms with Crippen molar-refractivity contribution >= 4 is 106 Å². The number of carbonyl (C=O) groups is 3. The minimum absolute atomic E-state index is 0. The van der Waals surface area contributed by atoms with Gasteiger partial charge in [-0.2, -0.15) is 0 Å². The molecule has 0 saturated carbocycles. The Labute approximate surface area is 428 Å². The number of fused-ring (bicyclic) bond motifs is 9. The van der Waals surface area contributed by atoms with Crippen LogP contribution in [0.5, 0.6) is 0 Å². The van der Waals surface area contributed by atoms with Gasteiger partial charge in [0.25, 0.3) is 17.7 Å². The normalized spacial score (nSPS) is 10.9. The zero-order valence-electron chi connectivity index (χ0n) is 38.9. The van der Waals surface area contributed by atoms with E-state index in [1.54, 1.807) is 103 Å². The second kappa shape index (κ2) is 21.5. The minimum atomic E-state index is -0.389. The summed E-state index contributed by atoms with van der Waals surface area (Å²) in [6, 6.07) is 37.3. The summed E-state index contributed by atoms with van der Waals surface area (Å²) < 4.78 is 4.87. The van der Waals surface area contributed by atoms with Crippen LogP contribution in [0.2, 0.25) is 0 Å². The van der Waals surface area contributed by atoms with Crippen molar-refractivity contribution in [2.45, 2.75) is 4.90 Å². The van der Waals surface area contributed by atoms with Gasteiger partial charge in [-0.15, -0.1) is 11.8 Å². The number of hydrogen-bond acceptors (Lipinski definition) is 11. The monoisotopic (exact) mass is 1060 g/mol. The van der Waals surface area contributed by atoms with Crippen LogP contribution in [0.1, 0.15) is 31.6 Å². The van der Waals surface area contributed by atoms with Gasteiger partial charge in [-0.05, 0) is 54.6 Å². The van der Waals surface area contributed by atoms with Gasteiger partial charge < -0.3 is 29.7 Å². The summed E-state index contributed by atoms with van der Waals surface area (Å²) in [6.07, 6.45) is 17.2. The van der Waals surface area contributed by atoms with E-state index in [4.69, 9.17) is 0 Å². The van der Waals surface area contributed by atoms with Gasteiger partial charge in [-0.25, -0.2) is 4.98 Å². The third kappa shape index (κ3) is 10.3. The number of aryl methyl sites for hydroxylation is 3. The molecule has 9 aromatic heterocycles. The summed E-state index contributed by atoms with van der Waals surface area (Å²) in [4.78, 5) is 70.0. The molecule has 0 saturated heterocycles. The molecule has 12 aromatic rings. The second-order valence-corrected chi connectivity index (χ2v) is 17.3. The van der Waals surface area contributed by atoms with E-state index in [2.05, 4.69) is 105 Å². The van der Waals surface area contributed by atoms with E-state index in [1.165, 1.54) is 18.0 Å². The SMILES string of the molecule is Cn1cc(NC(=O)c2cc(NC(=O)c3nccn3C)cn2C)cc1C(=O)NCSc1cc2cccnc2c2ncccc12.[Ru].c1cnc2c(c1)ccc1cccnc12.c1cnc2c(c1)ccc1cccnc12. The first-order valence-electron chi connectivity index (χ1n) is 22.3. The van der Waals surface area contributed by atoms with Crippen molar-refractivity contribution in [3.8, 4) is 0 Å². The van der Waals surface area contributed by atoms with Crippen molar-refractivity contribution in [3.63, 3.8) is 0 Å². The van der Waals surface area contributed by atoms with Crippen molar-refractivity contribution in [1.29, 1.82) is 0 Å². The van der Waals surface area contributed by atoms with E-state index >= 15 is 0 Å². The Morgan fingerprint density at radius 2 is 0.875 bits per heavy atom. The van der Waals surface area contributed by atoms with Gasteiger partial charge in [0, 0.05) is 140 Å². The molecule has 0 aliphatic heterocycles. The molecular formula is C54H43N13O3RuS. The molecule has 0 aliphatic carbocycles. The summed E-state index contributed by atoms with van der Waals surface area (Å²) in [6.45, 7) is 0. The zero-order chi connectivity index (χ0) is 48.8. The Bertz CT molecular complexity index is 3750. The molecule has 72 heavy (non-hydrogen) atoms. The largest absolute Gasteiger partial charge is 0.344 e. The zero-order valence-corrected chi connectivity index (χ0v) is 41.5. The minimum Gasteiger partial charge on any atom is -0.344 e. The number of anilines is 2. The molecule has 3 amide bonds. The number of pyridine rings is 6. The average molecular weight is 1060 g/mol. The maximum Gasteiger partial charge on any atom is 0.291 e. The van der Waals surface area contributed by atoms with E-state index in [0.29, 0.717) is 28.6 Å². The number of amides is 3. The Morgan fingerprint density at radius 3 is 1.35 bits per heavy atom. The van der Waals surface area contributed by atoms with E-state index in [0.717, 1.165) is 70.3 Å². The number of carbonyl (C=O) groups excluding carboxylic acids is 3. The molecule has 0 aliphatic rings. The first-order chi connectivity index (χ1) is 34.7. The molecule has 0 spiro atoms. The average Bonchev–Trinajstić information content (AvgIpc) is 4.13. The van der Waals surface area contributed by atoms with Crippen molar-refractivity contribution in [3.05, 3.63) is 194 Å². The Morgan fingerprint density at radius 1 is 0.458 bits per heavy atom. The maximum atomic E-state index is 13.1. The summed E-state index contributed by atoms with van der Waals surface area (Å²) in [5.74, 6) is -0.469. The van der Waals surface area contributed by atoms with Crippen LogP contribution in [0.15, 0.2) is 182 Å². The molecule has 12 rings (SSSR count). The summed E-state index contributed by atoms with van der Waals surface area (Å²) in [5.41, 5.74) is 7.20. The van der Waals surface area contributed by atoms with Gasteiger partial charge in [0.15, 0.2) is 5.82 Å².